The summed E-state index contributed by atoms with van der Waals surface area (Å²) in [6, 6.07) is 7.59. The lowest BCUT2D eigenvalue weighted by atomic mass is 10.2. The minimum Gasteiger partial charge on any atom is -0.351 e. The number of hydrogen-bond donors (Lipinski definition) is 1. The Balaban J connectivity index is 1.47. The average molecular weight is 363 g/mol. The van der Waals surface area contributed by atoms with Gasteiger partial charge in [0.15, 0.2) is 9.84 Å². The van der Waals surface area contributed by atoms with Gasteiger partial charge in [-0.2, -0.15) is 5.10 Å². The van der Waals surface area contributed by atoms with Crippen LogP contribution < -0.4 is 5.32 Å². The van der Waals surface area contributed by atoms with Crippen molar-refractivity contribution < 1.29 is 13.2 Å². The molecule has 0 radical (unpaired) electrons. The molecule has 1 aromatic heterocycles. The van der Waals surface area contributed by atoms with Crippen LogP contribution in [0.5, 0.6) is 0 Å². The quantitative estimate of drug-likeness (QED) is 0.776. The van der Waals surface area contributed by atoms with Gasteiger partial charge in [0, 0.05) is 12.6 Å². The number of likely N-dealkylation sites (N-methyl/N-ethyl adjacent to an activating group) is 1. The summed E-state index contributed by atoms with van der Waals surface area (Å²) in [7, 11) is -1.15. The van der Waals surface area contributed by atoms with Crippen molar-refractivity contribution in [2.75, 3.05) is 25.1 Å². The number of nitrogens with one attached hydrogen (secondary N) is 1. The van der Waals surface area contributed by atoms with Crippen molar-refractivity contribution >= 4 is 15.7 Å². The molecule has 25 heavy (non-hydrogen) atoms. The molecule has 1 unspecified atom stereocenters. The molecule has 0 saturated carbocycles. The van der Waals surface area contributed by atoms with E-state index in [4.69, 9.17) is 0 Å². The average Bonchev–Trinajstić information content (AvgIpc) is 3.23. The van der Waals surface area contributed by atoms with E-state index >= 15 is 0 Å². The molecule has 1 atom stereocenters. The number of sulfone groups is 1. The highest BCUT2D eigenvalue weighted by Crippen LogP contribution is 2.16. The minimum atomic E-state index is -2.94. The predicted molar refractivity (Wildman–Crippen MR) is 92.9 cm³/mol. The molecule has 1 aliphatic rings. The van der Waals surface area contributed by atoms with Gasteiger partial charge >= 0.3 is 0 Å². The molecule has 8 nitrogen and oxygen atoms in total. The van der Waals surface area contributed by atoms with E-state index in [-0.39, 0.29) is 30.0 Å². The summed E-state index contributed by atoms with van der Waals surface area (Å²) in [5.41, 5.74) is 1.87. The number of amides is 1. The van der Waals surface area contributed by atoms with Gasteiger partial charge in [-0.3, -0.25) is 9.69 Å². The van der Waals surface area contributed by atoms with Crippen LogP contribution in [0.3, 0.4) is 0 Å². The fraction of sp³-hybridized carbons (Fsp3) is 0.438. The first-order chi connectivity index (χ1) is 11.9. The second-order valence-corrected chi connectivity index (χ2v) is 8.48. The van der Waals surface area contributed by atoms with Crippen LogP contribution in [0.25, 0.3) is 5.69 Å². The van der Waals surface area contributed by atoms with Crippen molar-refractivity contribution in [3.8, 4) is 5.69 Å². The molecule has 1 amide bonds. The van der Waals surface area contributed by atoms with Crippen molar-refractivity contribution in [1.82, 2.24) is 25.0 Å². The maximum atomic E-state index is 12.1. The number of carbonyl (C=O) groups excluding carboxylic acids is 1. The Morgan fingerprint density at radius 2 is 2.12 bits per heavy atom. The highest BCUT2D eigenvalue weighted by molar-refractivity contribution is 7.91. The molecular formula is C16H21N5O3S. The lowest BCUT2D eigenvalue weighted by molar-refractivity contribution is -0.122. The second kappa shape index (κ2) is 7.32. The lowest BCUT2D eigenvalue weighted by Gasteiger charge is -2.22. The largest absolute Gasteiger partial charge is 0.351 e. The minimum absolute atomic E-state index is 0.0716. The van der Waals surface area contributed by atoms with Gasteiger partial charge in [0.2, 0.25) is 5.91 Å². The number of aromatic nitrogens is 3. The van der Waals surface area contributed by atoms with E-state index in [1.807, 2.05) is 29.2 Å². The number of rotatable bonds is 6. The van der Waals surface area contributed by atoms with Crippen molar-refractivity contribution in [3.05, 3.63) is 42.5 Å². The normalized spacial score (nSPS) is 19.2. The Morgan fingerprint density at radius 1 is 1.36 bits per heavy atom. The molecule has 2 aromatic rings. The summed E-state index contributed by atoms with van der Waals surface area (Å²) in [4.78, 5) is 17.8. The molecule has 0 bridgehead atoms. The van der Waals surface area contributed by atoms with E-state index in [1.54, 1.807) is 18.1 Å². The van der Waals surface area contributed by atoms with E-state index in [1.165, 1.54) is 6.33 Å². The zero-order valence-corrected chi connectivity index (χ0v) is 14.8. The highest BCUT2D eigenvalue weighted by atomic mass is 32.2. The van der Waals surface area contributed by atoms with Crippen LogP contribution in [0.1, 0.15) is 12.0 Å². The monoisotopic (exact) mass is 363 g/mol. The number of carbonyl (C=O) groups is 1. The van der Waals surface area contributed by atoms with Crippen LogP contribution in [-0.4, -0.2) is 65.1 Å². The maximum Gasteiger partial charge on any atom is 0.234 e. The van der Waals surface area contributed by atoms with Crippen LogP contribution in [-0.2, 0) is 21.2 Å². The second-order valence-electron chi connectivity index (χ2n) is 6.26. The molecule has 1 saturated heterocycles. The molecule has 134 valence electrons. The molecule has 0 spiro atoms. The summed E-state index contributed by atoms with van der Waals surface area (Å²) < 4.78 is 24.7. The number of nitrogens with zero attached hydrogens (tertiary/aromatic N) is 4. The molecular weight excluding hydrogens is 342 g/mol. The summed E-state index contributed by atoms with van der Waals surface area (Å²) in [6.45, 7) is 0.616. The van der Waals surface area contributed by atoms with Gasteiger partial charge in [-0.05, 0) is 31.2 Å². The molecule has 3 rings (SSSR count). The molecule has 9 heteroatoms. The van der Waals surface area contributed by atoms with E-state index in [0.29, 0.717) is 13.0 Å². The Hall–Kier alpha value is -2.26. The molecule has 1 aromatic carbocycles. The number of benzene rings is 1. The standard InChI is InChI=1S/C16H21N5O3S/c1-20(15-6-7-25(23,24)10-15)9-16(22)18-8-13-2-4-14(5-3-13)21-12-17-11-19-21/h2-5,11-12,15H,6-10H2,1H3,(H,18,22). The van der Waals surface area contributed by atoms with Crippen LogP contribution in [0.15, 0.2) is 36.9 Å². The Labute approximate surface area is 146 Å². The van der Waals surface area contributed by atoms with Crippen LogP contribution in [0.2, 0.25) is 0 Å². The summed E-state index contributed by atoms with van der Waals surface area (Å²) in [6.07, 6.45) is 3.69. The molecule has 1 aliphatic heterocycles. The summed E-state index contributed by atoms with van der Waals surface area (Å²) >= 11 is 0. The van der Waals surface area contributed by atoms with Crippen molar-refractivity contribution in [3.63, 3.8) is 0 Å². The lowest BCUT2D eigenvalue weighted by Crippen LogP contribution is -2.41. The zero-order valence-electron chi connectivity index (χ0n) is 14.0. The van der Waals surface area contributed by atoms with E-state index in [0.717, 1.165) is 11.3 Å². The highest BCUT2D eigenvalue weighted by Gasteiger charge is 2.31. The number of hydrogen-bond acceptors (Lipinski definition) is 6. The summed E-state index contributed by atoms with van der Waals surface area (Å²) in [5.74, 6) is 0.231. The molecule has 2 heterocycles. The van der Waals surface area contributed by atoms with Gasteiger partial charge < -0.3 is 5.32 Å². The fourth-order valence-corrected chi connectivity index (χ4v) is 4.65. The van der Waals surface area contributed by atoms with Crippen molar-refractivity contribution in [2.45, 2.75) is 19.0 Å². The summed E-state index contributed by atoms with van der Waals surface area (Å²) in [5, 5.41) is 6.92. The van der Waals surface area contributed by atoms with E-state index in [2.05, 4.69) is 15.4 Å². The third kappa shape index (κ3) is 4.64. The van der Waals surface area contributed by atoms with Gasteiger partial charge in [0.05, 0.1) is 23.7 Å². The molecule has 1 N–H and O–H groups in total. The smallest absolute Gasteiger partial charge is 0.234 e. The Kier molecular flexibility index (Phi) is 5.14. The van der Waals surface area contributed by atoms with Crippen LogP contribution in [0, 0.1) is 0 Å². The van der Waals surface area contributed by atoms with E-state index < -0.39 is 9.84 Å². The van der Waals surface area contributed by atoms with Gasteiger partial charge in [-0.15, -0.1) is 0 Å². The molecule has 0 aliphatic carbocycles. The Morgan fingerprint density at radius 3 is 2.72 bits per heavy atom. The van der Waals surface area contributed by atoms with Crippen molar-refractivity contribution in [1.29, 1.82) is 0 Å². The first-order valence-corrected chi connectivity index (χ1v) is 9.86. The van der Waals surface area contributed by atoms with Gasteiger partial charge in [0.25, 0.3) is 0 Å². The third-order valence-corrected chi connectivity index (χ3v) is 6.08. The van der Waals surface area contributed by atoms with Crippen molar-refractivity contribution in [2.24, 2.45) is 0 Å². The zero-order chi connectivity index (χ0) is 17.9. The van der Waals surface area contributed by atoms with Crippen LogP contribution >= 0.6 is 0 Å². The Bertz CT molecular complexity index is 818. The maximum absolute atomic E-state index is 12.1. The first-order valence-electron chi connectivity index (χ1n) is 8.04. The molecule has 1 fully saturated rings. The fourth-order valence-electron chi connectivity index (χ4n) is 2.84. The first kappa shape index (κ1) is 17.6. The predicted octanol–water partition coefficient (Wildman–Crippen LogP) is 0.00240. The van der Waals surface area contributed by atoms with Gasteiger partial charge in [-0.1, -0.05) is 12.1 Å². The topological polar surface area (TPSA) is 97.2 Å². The van der Waals surface area contributed by atoms with Gasteiger partial charge in [0.1, 0.15) is 12.7 Å². The SMILES string of the molecule is CN(CC(=O)NCc1ccc(-n2cncn2)cc1)C1CCS(=O)(=O)C1. The van der Waals surface area contributed by atoms with Gasteiger partial charge in [-0.25, -0.2) is 18.1 Å². The van der Waals surface area contributed by atoms with Crippen LogP contribution in [0.4, 0.5) is 0 Å². The third-order valence-electron chi connectivity index (χ3n) is 4.33. The van der Waals surface area contributed by atoms with E-state index in [9.17, 15) is 13.2 Å².